The first kappa shape index (κ1) is 22.9. The van der Waals surface area contributed by atoms with Crippen molar-refractivity contribution in [2.24, 2.45) is 5.10 Å². The standard InChI is InChI=1S/C10H14BN4.C10H11N3.Pt/c1-7-5-9(3)14(12-7)11-15-10(4)6-8(2)13-15;1-9-4-3-5-10(6-9)13-8-12(2)7-11-13;/h5-6H,1-4H3;3-4,6-8H,1-2H3;/q;-2;+2. The van der Waals surface area contributed by atoms with E-state index in [2.05, 4.69) is 28.3 Å². The summed E-state index contributed by atoms with van der Waals surface area (Å²) in [6.45, 7) is 12.0. The van der Waals surface area contributed by atoms with E-state index in [4.69, 9.17) is 0 Å². The molecular weight excluding hydrogens is 544 g/mol. The third-order valence-corrected chi connectivity index (χ3v) is 4.15. The Morgan fingerprint density at radius 1 is 0.931 bits per heavy atom. The zero-order valence-electron chi connectivity index (χ0n) is 17.6. The maximum absolute atomic E-state index is 4.36. The molecule has 0 saturated heterocycles. The van der Waals surface area contributed by atoms with E-state index in [9.17, 15) is 0 Å². The second-order valence-corrected chi connectivity index (χ2v) is 6.97. The molecule has 0 unspecified atom stereocenters. The first-order chi connectivity index (χ1) is 13.3. The van der Waals surface area contributed by atoms with Crippen LogP contribution in [-0.4, -0.2) is 45.2 Å². The molecule has 0 N–H and O–H groups in total. The van der Waals surface area contributed by atoms with Crippen LogP contribution in [0.15, 0.2) is 35.4 Å². The first-order valence-corrected chi connectivity index (χ1v) is 9.11. The van der Waals surface area contributed by atoms with E-state index in [-0.39, 0.29) is 21.1 Å². The van der Waals surface area contributed by atoms with Crippen molar-refractivity contribution in [2.45, 2.75) is 34.6 Å². The third-order valence-electron chi connectivity index (χ3n) is 4.15. The second kappa shape index (κ2) is 9.92. The van der Waals surface area contributed by atoms with Crippen molar-refractivity contribution in [3.05, 3.63) is 71.4 Å². The van der Waals surface area contributed by atoms with Crippen LogP contribution in [0.25, 0.3) is 0 Å². The maximum atomic E-state index is 4.36. The Kier molecular flexibility index (Phi) is 7.85. The molecule has 0 amide bonds. The number of aromatic nitrogens is 4. The summed E-state index contributed by atoms with van der Waals surface area (Å²) in [5.41, 5.74) is 6.45. The normalized spacial score (nSPS) is 12.5. The van der Waals surface area contributed by atoms with E-state index in [0.717, 1.165) is 28.5 Å². The smallest absolute Gasteiger partial charge is 0.493 e. The predicted molar refractivity (Wildman–Crippen MR) is 113 cm³/mol. The molecule has 1 aliphatic heterocycles. The summed E-state index contributed by atoms with van der Waals surface area (Å²) >= 11 is 0. The molecule has 1 aromatic carbocycles. The molecule has 1 radical (unpaired) electrons. The molecule has 0 spiro atoms. The molecule has 4 rings (SSSR count). The quantitative estimate of drug-likeness (QED) is 0.360. The minimum Gasteiger partial charge on any atom is -0.493 e. The number of rotatable bonds is 3. The average molecular weight is 569 g/mol. The van der Waals surface area contributed by atoms with Gasteiger partial charge in [-0.15, -0.1) is 12.7 Å². The fourth-order valence-corrected chi connectivity index (χ4v) is 2.82. The minimum atomic E-state index is 0. The van der Waals surface area contributed by atoms with Crippen molar-refractivity contribution < 1.29 is 21.1 Å². The number of hydrogen-bond donors (Lipinski definition) is 0. The fourth-order valence-electron chi connectivity index (χ4n) is 2.82. The maximum Gasteiger partial charge on any atom is 2.00 e. The van der Waals surface area contributed by atoms with E-state index in [1.807, 2.05) is 93.4 Å². The van der Waals surface area contributed by atoms with Crippen LogP contribution in [0.1, 0.15) is 28.3 Å². The molecule has 0 aliphatic carbocycles. The number of hydrogen-bond acceptors (Lipinski definition) is 5. The molecule has 3 aromatic rings. The second-order valence-electron chi connectivity index (χ2n) is 6.97. The number of hydrazone groups is 1. The van der Waals surface area contributed by atoms with E-state index >= 15 is 0 Å². The van der Waals surface area contributed by atoms with Crippen LogP contribution >= 0.6 is 0 Å². The van der Waals surface area contributed by atoms with Crippen molar-refractivity contribution in [1.29, 1.82) is 0 Å². The number of anilines is 1. The molecule has 0 fully saturated rings. The average Bonchev–Trinajstić information content (AvgIpc) is 3.28. The zero-order chi connectivity index (χ0) is 20.3. The minimum absolute atomic E-state index is 0. The Morgan fingerprint density at radius 3 is 1.93 bits per heavy atom. The molecule has 3 heterocycles. The topological polar surface area (TPSA) is 54.5 Å². The summed E-state index contributed by atoms with van der Waals surface area (Å²) in [5, 5.41) is 14.7. The van der Waals surface area contributed by atoms with Gasteiger partial charge in [0.05, 0.1) is 17.7 Å². The van der Waals surface area contributed by atoms with E-state index < -0.39 is 0 Å². The predicted octanol–water partition coefficient (Wildman–Crippen LogP) is 2.85. The van der Waals surface area contributed by atoms with Gasteiger partial charge in [0.25, 0.3) is 0 Å². The van der Waals surface area contributed by atoms with E-state index in [1.165, 1.54) is 5.56 Å². The zero-order valence-corrected chi connectivity index (χ0v) is 19.8. The molecule has 7 nitrogen and oxygen atoms in total. The summed E-state index contributed by atoms with van der Waals surface area (Å²) in [6, 6.07) is 13.2. The van der Waals surface area contributed by atoms with Crippen LogP contribution in [0.3, 0.4) is 0 Å². The van der Waals surface area contributed by atoms with Gasteiger partial charge >= 0.3 is 28.6 Å². The van der Waals surface area contributed by atoms with Crippen LogP contribution in [0.2, 0.25) is 0 Å². The largest absolute Gasteiger partial charge is 2.00 e. The fraction of sp³-hybridized carbons (Fsp3) is 0.300. The number of nitrogens with zero attached hydrogens (tertiary/aromatic N) is 7. The Labute approximate surface area is 187 Å². The molecule has 1 aliphatic rings. The van der Waals surface area contributed by atoms with Gasteiger partial charge in [-0.25, -0.2) is 0 Å². The summed E-state index contributed by atoms with van der Waals surface area (Å²) in [5.74, 6) is 0. The summed E-state index contributed by atoms with van der Waals surface area (Å²) in [4.78, 5) is 1.90. The van der Waals surface area contributed by atoms with Gasteiger partial charge in [0.15, 0.2) is 0 Å². The van der Waals surface area contributed by atoms with Crippen LogP contribution < -0.4 is 5.01 Å². The summed E-state index contributed by atoms with van der Waals surface area (Å²) in [6.07, 6.45) is 1.76. The Hall–Kier alpha value is -2.34. The van der Waals surface area contributed by atoms with Gasteiger partial charge in [0, 0.05) is 11.4 Å². The van der Waals surface area contributed by atoms with Gasteiger partial charge in [-0.1, -0.05) is 12.6 Å². The SMILES string of the molecule is Cc1cc(C)n([B]n2nc(C)cc2C)n1.Cc1cc[c-]c(N2[CH-]N(C)C=N2)c1.[Pt+2]. The van der Waals surface area contributed by atoms with Crippen molar-refractivity contribution >= 4 is 19.6 Å². The molecular formula is C20H25BN7Pt. The molecule has 9 heteroatoms. The van der Waals surface area contributed by atoms with Gasteiger partial charge in [-0.2, -0.15) is 39.1 Å². The van der Waals surface area contributed by atoms with Gasteiger partial charge < -0.3 is 9.91 Å². The molecule has 29 heavy (non-hydrogen) atoms. The van der Waals surface area contributed by atoms with Crippen LogP contribution in [0.5, 0.6) is 0 Å². The summed E-state index contributed by atoms with van der Waals surface area (Å²) < 4.78 is 3.68. The van der Waals surface area contributed by atoms with Crippen molar-refractivity contribution in [2.75, 3.05) is 12.1 Å². The van der Waals surface area contributed by atoms with E-state index in [1.54, 1.807) is 11.3 Å². The molecule has 0 saturated carbocycles. The molecule has 0 bridgehead atoms. The van der Waals surface area contributed by atoms with Crippen LogP contribution in [0, 0.1) is 47.4 Å². The van der Waals surface area contributed by atoms with E-state index in [0.29, 0.717) is 0 Å². The monoisotopic (exact) mass is 569 g/mol. The third kappa shape index (κ3) is 6.07. The van der Waals surface area contributed by atoms with Crippen LogP contribution in [-0.2, 0) is 21.1 Å². The van der Waals surface area contributed by atoms with Gasteiger partial charge in [0.2, 0.25) is 0 Å². The Morgan fingerprint density at radius 2 is 1.52 bits per heavy atom. The summed E-state index contributed by atoms with van der Waals surface area (Å²) in [7, 11) is 3.84. The molecule has 2 aromatic heterocycles. The number of aryl methyl sites for hydroxylation is 5. The van der Waals surface area contributed by atoms with Crippen molar-refractivity contribution in [3.63, 3.8) is 0 Å². The van der Waals surface area contributed by atoms with Crippen LogP contribution in [0.4, 0.5) is 5.69 Å². The number of benzene rings is 1. The Bertz CT molecular complexity index is 935. The van der Waals surface area contributed by atoms with Gasteiger partial charge in [0.1, 0.15) is 0 Å². The van der Waals surface area contributed by atoms with Gasteiger partial charge in [-0.05, 0) is 46.9 Å². The molecule has 0 atom stereocenters. The Balaban J connectivity index is 0.000000202. The van der Waals surface area contributed by atoms with Crippen molar-refractivity contribution in [1.82, 2.24) is 24.3 Å². The molecule has 153 valence electrons. The first-order valence-electron chi connectivity index (χ1n) is 9.11. The van der Waals surface area contributed by atoms with Crippen molar-refractivity contribution in [3.8, 4) is 0 Å². The van der Waals surface area contributed by atoms with Gasteiger partial charge in [-0.3, -0.25) is 9.19 Å².